The lowest BCUT2D eigenvalue weighted by Gasteiger charge is -2.08. The van der Waals surface area contributed by atoms with E-state index in [4.69, 9.17) is 0 Å². The van der Waals surface area contributed by atoms with Crippen LogP contribution in [0.15, 0.2) is 88.7 Å². The average Bonchev–Trinajstić information content (AvgIpc) is 2.76. The Labute approximate surface area is 178 Å². The van der Waals surface area contributed by atoms with Gasteiger partial charge in [-0.15, -0.1) is 0 Å². The van der Waals surface area contributed by atoms with E-state index in [0.29, 0.717) is 11.5 Å². The first-order valence-electron chi connectivity index (χ1n) is 10.1. The van der Waals surface area contributed by atoms with Crippen LogP contribution in [0.3, 0.4) is 0 Å². The summed E-state index contributed by atoms with van der Waals surface area (Å²) in [4.78, 5) is 24.0. The summed E-state index contributed by atoms with van der Waals surface area (Å²) in [6.07, 6.45) is 3.57. The fraction of sp³-hybridized carbons (Fsp3) is 0.222. The third-order valence-corrected chi connectivity index (χ3v) is 4.71. The van der Waals surface area contributed by atoms with Gasteiger partial charge in [0.15, 0.2) is 0 Å². The highest BCUT2D eigenvalue weighted by Crippen LogP contribution is 2.24. The molecule has 0 aliphatic rings. The third-order valence-electron chi connectivity index (χ3n) is 4.71. The maximum atomic E-state index is 10.1. The van der Waals surface area contributed by atoms with E-state index < -0.39 is 0 Å². The molecular formula is C27H29NO2. The number of hydrogen-bond acceptors (Lipinski definition) is 3. The molecule has 0 spiro atoms. The second-order valence-electron chi connectivity index (χ2n) is 7.69. The van der Waals surface area contributed by atoms with E-state index in [2.05, 4.69) is 74.3 Å². The van der Waals surface area contributed by atoms with Crippen LogP contribution in [0.5, 0.6) is 0 Å². The lowest BCUT2D eigenvalue weighted by molar-refractivity contribution is 0.867. The van der Waals surface area contributed by atoms with Crippen LogP contribution >= 0.6 is 0 Å². The second-order valence-corrected chi connectivity index (χ2v) is 7.69. The van der Waals surface area contributed by atoms with E-state index in [0.717, 1.165) is 0 Å². The van der Waals surface area contributed by atoms with Gasteiger partial charge in [0.1, 0.15) is 0 Å². The molecule has 0 aliphatic heterocycles. The van der Waals surface area contributed by atoms with Crippen LogP contribution in [0.1, 0.15) is 42.0 Å². The molecule has 4 rings (SSSR count). The van der Waals surface area contributed by atoms with Crippen molar-refractivity contribution >= 4 is 0 Å². The number of rotatable bonds is 2. The second kappa shape index (κ2) is 11.0. The summed E-state index contributed by atoms with van der Waals surface area (Å²) < 4.78 is 0. The summed E-state index contributed by atoms with van der Waals surface area (Å²) in [7, 11) is 0. The van der Waals surface area contributed by atoms with Gasteiger partial charge in [-0.1, -0.05) is 67.9 Å². The molecule has 4 aromatic rings. The third kappa shape index (κ3) is 6.93. The van der Waals surface area contributed by atoms with Crippen LogP contribution in [0, 0.1) is 20.8 Å². The zero-order valence-electron chi connectivity index (χ0n) is 18.3. The molecule has 0 saturated heterocycles. The van der Waals surface area contributed by atoms with E-state index in [9.17, 15) is 9.59 Å². The normalized spacial score (nSPS) is 10.1. The van der Waals surface area contributed by atoms with Crippen LogP contribution in [0.2, 0.25) is 0 Å². The van der Waals surface area contributed by atoms with E-state index >= 15 is 0 Å². The number of nitrogens with zero attached hydrogens (tertiary/aromatic N) is 1. The first-order valence-corrected chi connectivity index (χ1v) is 10.1. The Morgan fingerprint density at radius 1 is 0.700 bits per heavy atom. The fourth-order valence-corrected chi connectivity index (χ4v) is 2.69. The minimum Gasteiger partial charge on any atom is -0.286 e. The van der Waals surface area contributed by atoms with Crippen LogP contribution in [0.25, 0.3) is 11.1 Å². The lowest BCUT2D eigenvalue weighted by Crippen LogP contribution is -2.31. The zero-order chi connectivity index (χ0) is 22.1. The quantitative estimate of drug-likeness (QED) is 0.402. The molecule has 3 nitrogen and oxygen atoms in total. The molecule has 0 N–H and O–H groups in total. The van der Waals surface area contributed by atoms with Crippen molar-refractivity contribution < 1.29 is 0 Å². The van der Waals surface area contributed by atoms with Crippen molar-refractivity contribution in [3.63, 3.8) is 0 Å². The van der Waals surface area contributed by atoms with Crippen molar-refractivity contribution in [1.29, 1.82) is 0 Å². The molecule has 0 atom stereocenters. The number of pyridine rings is 1. The number of hydrogen-bond donors (Lipinski definition) is 0. The monoisotopic (exact) mass is 399 g/mol. The predicted molar refractivity (Wildman–Crippen MR) is 126 cm³/mol. The van der Waals surface area contributed by atoms with Crippen molar-refractivity contribution in [2.45, 2.75) is 40.5 Å². The van der Waals surface area contributed by atoms with Crippen LogP contribution in [-0.4, -0.2) is 4.98 Å². The van der Waals surface area contributed by atoms with Gasteiger partial charge in [0.05, 0.1) is 0 Å². The first-order chi connectivity index (χ1) is 14.3. The van der Waals surface area contributed by atoms with Gasteiger partial charge in [0, 0.05) is 18.0 Å². The number of aromatic nitrogens is 1. The molecular weight excluding hydrogens is 370 g/mol. The highest BCUT2D eigenvalue weighted by atomic mass is 16.2. The minimum atomic E-state index is -0.363. The Bertz CT molecular complexity index is 1120. The average molecular weight is 400 g/mol. The molecule has 0 fully saturated rings. The smallest absolute Gasteiger partial charge is 0.228 e. The van der Waals surface area contributed by atoms with Crippen molar-refractivity contribution in [2.75, 3.05) is 0 Å². The van der Waals surface area contributed by atoms with Crippen molar-refractivity contribution in [1.82, 2.24) is 4.98 Å². The predicted octanol–water partition coefficient (Wildman–Crippen LogP) is 5.77. The number of aryl methyl sites for hydroxylation is 3. The maximum absolute atomic E-state index is 10.1. The minimum absolute atomic E-state index is 0.333. The summed E-state index contributed by atoms with van der Waals surface area (Å²) in [5, 5.41) is 0. The molecule has 0 unspecified atom stereocenters. The molecule has 1 heterocycles. The van der Waals surface area contributed by atoms with Gasteiger partial charge in [-0.25, -0.2) is 0 Å². The topological polar surface area (TPSA) is 47.0 Å². The fourth-order valence-electron chi connectivity index (χ4n) is 2.69. The SMILES string of the molecule is Cc1cc(=O)c1=O.Cc1ccc(-c2cccc(C(C)C)c2)cc1.Cc1ccncc1. The molecule has 3 aromatic carbocycles. The summed E-state index contributed by atoms with van der Waals surface area (Å²) in [6.45, 7) is 10.3. The number of benzene rings is 2. The van der Waals surface area contributed by atoms with Gasteiger partial charge in [0.2, 0.25) is 10.9 Å². The van der Waals surface area contributed by atoms with E-state index in [1.807, 2.05) is 19.1 Å². The van der Waals surface area contributed by atoms with Crippen molar-refractivity contribution in [2.24, 2.45) is 0 Å². The van der Waals surface area contributed by atoms with Gasteiger partial charge in [-0.3, -0.25) is 14.6 Å². The van der Waals surface area contributed by atoms with Crippen molar-refractivity contribution in [3.05, 3.63) is 122 Å². The zero-order valence-corrected chi connectivity index (χ0v) is 18.3. The van der Waals surface area contributed by atoms with E-state index in [1.165, 1.54) is 33.9 Å². The molecule has 1 aromatic heterocycles. The van der Waals surface area contributed by atoms with E-state index in [1.54, 1.807) is 19.3 Å². The molecule has 0 radical (unpaired) electrons. The molecule has 0 bridgehead atoms. The summed E-state index contributed by atoms with van der Waals surface area (Å²) in [5.74, 6) is 0.588. The highest BCUT2D eigenvalue weighted by Gasteiger charge is 2.02. The molecule has 154 valence electrons. The van der Waals surface area contributed by atoms with Crippen molar-refractivity contribution in [3.8, 4) is 11.1 Å². The molecule has 3 heteroatoms. The van der Waals surface area contributed by atoms with E-state index in [-0.39, 0.29) is 10.9 Å². The van der Waals surface area contributed by atoms with Gasteiger partial charge < -0.3 is 0 Å². The van der Waals surface area contributed by atoms with Crippen LogP contribution in [-0.2, 0) is 0 Å². The van der Waals surface area contributed by atoms with Gasteiger partial charge in [-0.2, -0.15) is 0 Å². The molecule has 0 aliphatic carbocycles. The Morgan fingerprint density at radius 3 is 1.70 bits per heavy atom. The Morgan fingerprint density at radius 2 is 1.30 bits per heavy atom. The standard InChI is InChI=1S/C16H18.C6H7N.C5H4O2/c1-12(2)15-5-4-6-16(11-15)14-9-7-13(3)8-10-14;1-6-2-4-7-5-3-6;1-3-2-4(6)5(3)7/h4-12H,1-3H3;2-5H,1H3;2H,1H3. The highest BCUT2D eigenvalue weighted by molar-refractivity contribution is 5.64. The summed E-state index contributed by atoms with van der Waals surface area (Å²) in [5.41, 5.74) is 6.46. The van der Waals surface area contributed by atoms with Crippen LogP contribution in [0.4, 0.5) is 0 Å². The Balaban J connectivity index is 0.000000188. The molecule has 30 heavy (non-hydrogen) atoms. The Hall–Kier alpha value is -3.33. The summed E-state index contributed by atoms with van der Waals surface area (Å²) in [6, 6.07) is 22.8. The molecule has 0 saturated carbocycles. The van der Waals surface area contributed by atoms with Gasteiger partial charge in [0.25, 0.3) is 0 Å². The largest absolute Gasteiger partial charge is 0.286 e. The Kier molecular flexibility index (Phi) is 8.42. The molecule has 0 amide bonds. The first kappa shape index (κ1) is 23.0. The lowest BCUT2D eigenvalue weighted by atomic mass is 9.97. The van der Waals surface area contributed by atoms with Crippen LogP contribution < -0.4 is 10.9 Å². The maximum Gasteiger partial charge on any atom is 0.228 e. The van der Waals surface area contributed by atoms with Gasteiger partial charge in [-0.05, 0) is 67.1 Å². The summed E-state index contributed by atoms with van der Waals surface area (Å²) >= 11 is 0. The van der Waals surface area contributed by atoms with Gasteiger partial charge >= 0.3 is 0 Å².